The standard InChI is InChI=1S/C14H14ClN3O3/c1-17-11(15)7-16-12(17)8-18-5-6-21-13-9(14(19)20)3-2-4-10(13)18/h2-4,7H,5-6,8H2,1H3,(H,19,20). The summed E-state index contributed by atoms with van der Waals surface area (Å²) >= 11 is 5.99. The summed E-state index contributed by atoms with van der Waals surface area (Å²) in [5.74, 6) is 0.235. The van der Waals surface area contributed by atoms with E-state index in [2.05, 4.69) is 4.98 Å². The molecular weight excluding hydrogens is 294 g/mol. The maximum atomic E-state index is 11.3. The van der Waals surface area contributed by atoms with Crippen LogP contribution in [0.3, 0.4) is 0 Å². The van der Waals surface area contributed by atoms with Crippen molar-refractivity contribution in [1.82, 2.24) is 9.55 Å². The number of para-hydroxylation sites is 1. The van der Waals surface area contributed by atoms with Crippen LogP contribution in [0.15, 0.2) is 24.4 Å². The highest BCUT2D eigenvalue weighted by Crippen LogP contribution is 2.35. The minimum atomic E-state index is -0.992. The van der Waals surface area contributed by atoms with Gasteiger partial charge in [-0.15, -0.1) is 0 Å². The van der Waals surface area contributed by atoms with E-state index in [9.17, 15) is 9.90 Å². The molecule has 0 aliphatic carbocycles. The lowest BCUT2D eigenvalue weighted by atomic mass is 10.1. The van der Waals surface area contributed by atoms with Crippen molar-refractivity contribution in [3.63, 3.8) is 0 Å². The molecule has 1 aromatic heterocycles. The fourth-order valence-corrected chi connectivity index (χ4v) is 2.52. The van der Waals surface area contributed by atoms with Gasteiger partial charge in [-0.1, -0.05) is 17.7 Å². The van der Waals surface area contributed by atoms with Crippen molar-refractivity contribution in [2.75, 3.05) is 18.1 Å². The fourth-order valence-electron chi connectivity index (χ4n) is 2.38. The Morgan fingerprint density at radius 2 is 2.33 bits per heavy atom. The van der Waals surface area contributed by atoms with Crippen molar-refractivity contribution in [1.29, 1.82) is 0 Å². The summed E-state index contributed by atoms with van der Waals surface area (Å²) in [6, 6.07) is 5.11. The van der Waals surface area contributed by atoms with Crippen molar-refractivity contribution in [2.45, 2.75) is 6.54 Å². The molecule has 1 aromatic carbocycles. The Labute approximate surface area is 126 Å². The highest BCUT2D eigenvalue weighted by Gasteiger charge is 2.24. The number of carboxylic acids is 1. The summed E-state index contributed by atoms with van der Waals surface area (Å²) in [5.41, 5.74) is 0.940. The second-order valence-electron chi connectivity index (χ2n) is 4.79. The van der Waals surface area contributed by atoms with Gasteiger partial charge >= 0.3 is 5.97 Å². The molecule has 0 fully saturated rings. The van der Waals surface area contributed by atoms with Crippen LogP contribution in [-0.2, 0) is 13.6 Å². The number of halogens is 1. The normalized spacial score (nSPS) is 13.7. The molecule has 0 saturated heterocycles. The highest BCUT2D eigenvalue weighted by atomic mass is 35.5. The molecule has 6 nitrogen and oxygen atoms in total. The maximum absolute atomic E-state index is 11.3. The number of hydrogen-bond acceptors (Lipinski definition) is 4. The second-order valence-corrected chi connectivity index (χ2v) is 5.17. The Bertz CT molecular complexity index is 699. The number of aromatic carboxylic acids is 1. The van der Waals surface area contributed by atoms with Gasteiger partial charge < -0.3 is 19.3 Å². The SMILES string of the molecule is Cn1c(Cl)cnc1CN1CCOc2c(C(=O)O)cccc21. The van der Waals surface area contributed by atoms with Gasteiger partial charge in [-0.2, -0.15) is 0 Å². The Hall–Kier alpha value is -2.21. The first kappa shape index (κ1) is 13.8. The zero-order chi connectivity index (χ0) is 15.0. The average Bonchev–Trinajstić information content (AvgIpc) is 2.79. The van der Waals surface area contributed by atoms with E-state index >= 15 is 0 Å². The molecule has 2 heterocycles. The molecule has 2 aromatic rings. The van der Waals surface area contributed by atoms with Crippen LogP contribution in [0.2, 0.25) is 5.15 Å². The summed E-state index contributed by atoms with van der Waals surface area (Å²) in [6.45, 7) is 1.65. The average molecular weight is 308 g/mol. The summed E-state index contributed by atoms with van der Waals surface area (Å²) in [7, 11) is 1.85. The Morgan fingerprint density at radius 3 is 3.00 bits per heavy atom. The largest absolute Gasteiger partial charge is 0.489 e. The van der Waals surface area contributed by atoms with Gasteiger partial charge in [-0.05, 0) is 12.1 Å². The number of aromatic nitrogens is 2. The molecule has 110 valence electrons. The maximum Gasteiger partial charge on any atom is 0.339 e. The number of anilines is 1. The second kappa shape index (κ2) is 5.29. The van der Waals surface area contributed by atoms with Crippen molar-refractivity contribution in [2.24, 2.45) is 7.05 Å². The molecule has 7 heteroatoms. The van der Waals surface area contributed by atoms with Crippen LogP contribution in [0, 0.1) is 0 Å². The number of rotatable bonds is 3. The summed E-state index contributed by atoms with van der Waals surface area (Å²) < 4.78 is 7.35. The molecular formula is C14H14ClN3O3. The summed E-state index contributed by atoms with van der Waals surface area (Å²) in [6.07, 6.45) is 1.60. The first-order valence-corrected chi connectivity index (χ1v) is 6.86. The van der Waals surface area contributed by atoms with E-state index in [0.717, 1.165) is 11.5 Å². The van der Waals surface area contributed by atoms with E-state index in [0.29, 0.717) is 30.6 Å². The third-order valence-corrected chi connectivity index (χ3v) is 3.88. The van der Waals surface area contributed by atoms with Gasteiger partial charge in [0, 0.05) is 7.05 Å². The van der Waals surface area contributed by atoms with Crippen LogP contribution in [-0.4, -0.2) is 33.8 Å². The molecule has 0 spiro atoms. The Kier molecular flexibility index (Phi) is 3.47. The number of benzene rings is 1. The van der Waals surface area contributed by atoms with E-state index in [1.807, 2.05) is 18.0 Å². The lowest BCUT2D eigenvalue weighted by Gasteiger charge is -2.31. The van der Waals surface area contributed by atoms with E-state index in [-0.39, 0.29) is 5.56 Å². The van der Waals surface area contributed by atoms with Gasteiger partial charge in [0.1, 0.15) is 23.1 Å². The quantitative estimate of drug-likeness (QED) is 0.941. The number of nitrogens with zero attached hydrogens (tertiary/aromatic N) is 3. The smallest absolute Gasteiger partial charge is 0.339 e. The third kappa shape index (κ3) is 2.42. The van der Waals surface area contributed by atoms with Crippen molar-refractivity contribution in [3.8, 4) is 5.75 Å². The van der Waals surface area contributed by atoms with Crippen LogP contribution < -0.4 is 9.64 Å². The predicted molar refractivity (Wildman–Crippen MR) is 78.2 cm³/mol. The van der Waals surface area contributed by atoms with Crippen LogP contribution in [0.5, 0.6) is 5.75 Å². The molecule has 1 aliphatic heterocycles. The number of ether oxygens (including phenoxy) is 1. The number of hydrogen-bond donors (Lipinski definition) is 1. The van der Waals surface area contributed by atoms with E-state index in [1.165, 1.54) is 0 Å². The molecule has 0 unspecified atom stereocenters. The van der Waals surface area contributed by atoms with Crippen molar-refractivity contribution in [3.05, 3.63) is 40.9 Å². The van der Waals surface area contributed by atoms with Gasteiger partial charge in [-0.25, -0.2) is 9.78 Å². The molecule has 0 bridgehead atoms. The van der Waals surface area contributed by atoms with Crippen LogP contribution in [0.1, 0.15) is 16.2 Å². The fraction of sp³-hybridized carbons (Fsp3) is 0.286. The van der Waals surface area contributed by atoms with Gasteiger partial charge in [0.25, 0.3) is 0 Å². The van der Waals surface area contributed by atoms with Crippen LogP contribution in [0.25, 0.3) is 0 Å². The predicted octanol–water partition coefficient (Wildman–Crippen LogP) is 2.17. The lowest BCUT2D eigenvalue weighted by molar-refractivity contribution is 0.0692. The Morgan fingerprint density at radius 1 is 1.52 bits per heavy atom. The Balaban J connectivity index is 1.96. The monoisotopic (exact) mass is 307 g/mol. The topological polar surface area (TPSA) is 67.6 Å². The number of carboxylic acid groups (broad SMARTS) is 1. The van der Waals surface area contributed by atoms with Crippen molar-refractivity contribution < 1.29 is 14.6 Å². The van der Waals surface area contributed by atoms with E-state index < -0.39 is 5.97 Å². The molecule has 21 heavy (non-hydrogen) atoms. The van der Waals surface area contributed by atoms with Crippen molar-refractivity contribution >= 4 is 23.3 Å². The lowest BCUT2D eigenvalue weighted by Crippen LogP contribution is -2.33. The molecule has 0 atom stereocenters. The molecule has 0 saturated carbocycles. The van der Waals surface area contributed by atoms with E-state index in [4.69, 9.17) is 16.3 Å². The van der Waals surface area contributed by atoms with Gasteiger partial charge in [0.05, 0.1) is 25.0 Å². The molecule has 1 N–H and O–H groups in total. The van der Waals surface area contributed by atoms with Crippen LogP contribution in [0.4, 0.5) is 5.69 Å². The van der Waals surface area contributed by atoms with Crippen LogP contribution >= 0.6 is 11.6 Å². The van der Waals surface area contributed by atoms with Gasteiger partial charge in [0.2, 0.25) is 0 Å². The van der Waals surface area contributed by atoms with Gasteiger partial charge in [-0.3, -0.25) is 0 Å². The summed E-state index contributed by atoms with van der Waals surface area (Å²) in [4.78, 5) is 17.6. The molecule has 3 rings (SSSR count). The zero-order valence-corrected chi connectivity index (χ0v) is 12.2. The number of carbonyl (C=O) groups is 1. The minimum Gasteiger partial charge on any atom is -0.489 e. The first-order chi connectivity index (χ1) is 10.1. The summed E-state index contributed by atoms with van der Waals surface area (Å²) in [5, 5.41) is 9.80. The molecule has 1 aliphatic rings. The third-order valence-electron chi connectivity index (χ3n) is 3.53. The minimum absolute atomic E-state index is 0.176. The highest BCUT2D eigenvalue weighted by molar-refractivity contribution is 6.29. The molecule has 0 radical (unpaired) electrons. The molecule has 0 amide bonds. The van der Waals surface area contributed by atoms with Gasteiger partial charge in [0.15, 0.2) is 5.75 Å². The number of fused-ring (bicyclic) bond motifs is 1. The first-order valence-electron chi connectivity index (χ1n) is 6.48. The number of imidazole rings is 1. The van der Waals surface area contributed by atoms with E-state index in [1.54, 1.807) is 22.9 Å². The zero-order valence-electron chi connectivity index (χ0n) is 11.4.